The molecule has 0 radical (unpaired) electrons. The lowest BCUT2D eigenvalue weighted by atomic mass is 10.0. The molecule has 1 heterocycles. The van der Waals surface area contributed by atoms with E-state index in [0.29, 0.717) is 13.0 Å². The van der Waals surface area contributed by atoms with Crippen molar-refractivity contribution in [2.24, 2.45) is 0 Å². The molecular weight excluding hydrogens is 285 g/mol. The number of hydrogen-bond acceptors (Lipinski definition) is 2. The van der Waals surface area contributed by atoms with E-state index < -0.39 is 17.7 Å². The second-order valence-corrected chi connectivity index (χ2v) is 4.50. The van der Waals surface area contributed by atoms with Gasteiger partial charge in [-0.15, -0.1) is 0 Å². The summed E-state index contributed by atoms with van der Waals surface area (Å²) in [6.45, 7) is 2.31. The Hall–Kier alpha value is -2.31. The molecular formula is C14H13F3N2O2. The number of halogens is 3. The van der Waals surface area contributed by atoms with Crippen molar-refractivity contribution in [1.29, 1.82) is 0 Å². The highest BCUT2D eigenvalue weighted by atomic mass is 19.4. The third-order valence-electron chi connectivity index (χ3n) is 2.93. The second-order valence-electron chi connectivity index (χ2n) is 4.50. The second kappa shape index (κ2) is 5.59. The molecule has 0 amide bonds. The van der Waals surface area contributed by atoms with Crippen LogP contribution in [0.4, 0.5) is 13.2 Å². The summed E-state index contributed by atoms with van der Waals surface area (Å²) in [6, 6.07) is 4.83. The average molecular weight is 298 g/mol. The smallest absolute Gasteiger partial charge is 0.417 e. The number of carboxylic acids is 1. The molecule has 0 aliphatic carbocycles. The van der Waals surface area contributed by atoms with Crippen molar-refractivity contribution in [1.82, 2.24) is 9.78 Å². The quantitative estimate of drug-likeness (QED) is 0.936. The van der Waals surface area contributed by atoms with Crippen LogP contribution in [0.2, 0.25) is 0 Å². The predicted octanol–water partition coefficient (Wildman–Crippen LogP) is 3.68. The van der Waals surface area contributed by atoms with E-state index in [1.807, 2.05) is 6.92 Å². The van der Waals surface area contributed by atoms with Gasteiger partial charge in [0.15, 0.2) is 0 Å². The third kappa shape index (κ3) is 3.07. The van der Waals surface area contributed by atoms with E-state index in [1.54, 1.807) is 0 Å². The van der Waals surface area contributed by atoms with Crippen LogP contribution in [-0.2, 0) is 12.7 Å². The van der Waals surface area contributed by atoms with Crippen molar-refractivity contribution in [3.8, 4) is 11.3 Å². The van der Waals surface area contributed by atoms with Gasteiger partial charge in [0.25, 0.3) is 0 Å². The number of carboxylic acid groups (broad SMARTS) is 1. The maximum atomic E-state index is 13.0. The highest BCUT2D eigenvalue weighted by molar-refractivity contribution is 5.95. The molecule has 1 N–H and O–H groups in total. The first-order chi connectivity index (χ1) is 9.84. The largest absolute Gasteiger partial charge is 0.478 e. The first-order valence-corrected chi connectivity index (χ1v) is 6.32. The van der Waals surface area contributed by atoms with Crippen LogP contribution in [-0.4, -0.2) is 20.9 Å². The Balaban J connectivity index is 2.64. The zero-order valence-corrected chi connectivity index (χ0v) is 11.2. The van der Waals surface area contributed by atoms with E-state index in [-0.39, 0.29) is 16.8 Å². The number of aromatic carboxylic acids is 1. The summed E-state index contributed by atoms with van der Waals surface area (Å²) >= 11 is 0. The zero-order valence-electron chi connectivity index (χ0n) is 11.2. The number of benzene rings is 1. The highest BCUT2D eigenvalue weighted by Gasteiger charge is 2.35. The van der Waals surface area contributed by atoms with Gasteiger partial charge >= 0.3 is 12.1 Å². The van der Waals surface area contributed by atoms with Crippen LogP contribution in [0.3, 0.4) is 0 Å². The van der Waals surface area contributed by atoms with Gasteiger partial charge in [0, 0.05) is 18.3 Å². The zero-order chi connectivity index (χ0) is 15.6. The molecule has 0 aliphatic heterocycles. The Kier molecular flexibility index (Phi) is 4.02. The third-order valence-corrected chi connectivity index (χ3v) is 2.93. The molecule has 0 saturated heterocycles. The van der Waals surface area contributed by atoms with Gasteiger partial charge in [-0.05, 0) is 12.5 Å². The van der Waals surface area contributed by atoms with Crippen LogP contribution in [0.15, 0.2) is 30.5 Å². The van der Waals surface area contributed by atoms with E-state index in [2.05, 4.69) is 5.10 Å². The molecule has 21 heavy (non-hydrogen) atoms. The molecule has 0 saturated carbocycles. The number of carbonyl (C=O) groups is 1. The molecule has 0 aliphatic rings. The molecule has 0 spiro atoms. The summed E-state index contributed by atoms with van der Waals surface area (Å²) in [5, 5.41) is 13.2. The summed E-state index contributed by atoms with van der Waals surface area (Å²) < 4.78 is 40.5. The van der Waals surface area contributed by atoms with Crippen molar-refractivity contribution < 1.29 is 23.1 Å². The fourth-order valence-corrected chi connectivity index (χ4v) is 2.06. The van der Waals surface area contributed by atoms with Crippen molar-refractivity contribution >= 4 is 5.97 Å². The summed E-state index contributed by atoms with van der Waals surface area (Å²) in [4.78, 5) is 11.2. The summed E-state index contributed by atoms with van der Waals surface area (Å²) in [7, 11) is 0. The molecule has 0 fully saturated rings. The number of aromatic nitrogens is 2. The number of aryl methyl sites for hydroxylation is 1. The molecule has 4 nitrogen and oxygen atoms in total. The Morgan fingerprint density at radius 2 is 2.00 bits per heavy atom. The minimum atomic E-state index is -4.57. The molecule has 1 aromatic carbocycles. The number of hydrogen-bond donors (Lipinski definition) is 1. The molecule has 2 rings (SSSR count). The van der Waals surface area contributed by atoms with Crippen LogP contribution in [0.5, 0.6) is 0 Å². The van der Waals surface area contributed by atoms with Crippen molar-refractivity contribution in [3.05, 3.63) is 41.6 Å². The Labute approximate surface area is 118 Å². The molecule has 0 atom stereocenters. The van der Waals surface area contributed by atoms with E-state index >= 15 is 0 Å². The lowest BCUT2D eigenvalue weighted by Gasteiger charge is -2.11. The normalized spacial score (nSPS) is 11.6. The van der Waals surface area contributed by atoms with E-state index in [9.17, 15) is 18.0 Å². The average Bonchev–Trinajstić information content (AvgIpc) is 2.82. The lowest BCUT2D eigenvalue weighted by molar-refractivity contribution is -0.137. The fourth-order valence-electron chi connectivity index (χ4n) is 2.06. The van der Waals surface area contributed by atoms with Gasteiger partial charge < -0.3 is 5.11 Å². The van der Waals surface area contributed by atoms with Gasteiger partial charge in [-0.25, -0.2) is 4.79 Å². The van der Waals surface area contributed by atoms with Crippen molar-refractivity contribution in [2.45, 2.75) is 26.1 Å². The maximum Gasteiger partial charge on any atom is 0.417 e. The Morgan fingerprint density at radius 1 is 1.33 bits per heavy atom. The van der Waals surface area contributed by atoms with Crippen LogP contribution in [0.25, 0.3) is 11.3 Å². The van der Waals surface area contributed by atoms with Gasteiger partial charge in [-0.2, -0.15) is 18.3 Å². The van der Waals surface area contributed by atoms with Gasteiger partial charge in [-0.1, -0.05) is 25.1 Å². The molecule has 0 bridgehead atoms. The minimum Gasteiger partial charge on any atom is -0.478 e. The molecule has 112 valence electrons. The van der Waals surface area contributed by atoms with E-state index in [0.717, 1.165) is 6.07 Å². The van der Waals surface area contributed by atoms with Crippen molar-refractivity contribution in [2.75, 3.05) is 0 Å². The van der Waals surface area contributed by atoms with E-state index in [4.69, 9.17) is 5.11 Å². The number of nitrogens with zero attached hydrogens (tertiary/aromatic N) is 2. The standard InChI is InChI=1S/C14H13F3N2O2/c1-2-7-19-8-10(13(20)21)12(18-19)9-5-3-4-6-11(9)14(15,16)17/h3-6,8H,2,7H2,1H3,(H,20,21). The Morgan fingerprint density at radius 3 is 2.57 bits per heavy atom. The summed E-state index contributed by atoms with van der Waals surface area (Å²) in [5.74, 6) is -1.30. The van der Waals surface area contributed by atoms with E-state index in [1.165, 1.54) is 29.1 Å². The van der Waals surface area contributed by atoms with Crippen molar-refractivity contribution in [3.63, 3.8) is 0 Å². The molecule has 1 aromatic heterocycles. The molecule has 2 aromatic rings. The highest BCUT2D eigenvalue weighted by Crippen LogP contribution is 2.37. The van der Waals surface area contributed by atoms with Gasteiger partial charge in [0.05, 0.1) is 5.56 Å². The number of rotatable bonds is 4. The van der Waals surface area contributed by atoms with Crippen LogP contribution in [0.1, 0.15) is 29.3 Å². The van der Waals surface area contributed by atoms with Crippen LogP contribution >= 0.6 is 0 Å². The predicted molar refractivity (Wildman–Crippen MR) is 69.9 cm³/mol. The Bertz CT molecular complexity index is 662. The van der Waals surface area contributed by atoms with Gasteiger partial charge in [0.1, 0.15) is 11.3 Å². The fraction of sp³-hybridized carbons (Fsp3) is 0.286. The molecule has 7 heteroatoms. The SMILES string of the molecule is CCCn1cc(C(=O)O)c(-c2ccccc2C(F)(F)F)n1. The van der Waals surface area contributed by atoms with Crippen LogP contribution < -0.4 is 0 Å². The lowest BCUT2D eigenvalue weighted by Crippen LogP contribution is -2.08. The molecule has 0 unspecified atom stereocenters. The summed E-state index contributed by atoms with van der Waals surface area (Å²) in [5.41, 5.74) is -1.52. The minimum absolute atomic E-state index is 0.163. The number of alkyl halides is 3. The first kappa shape index (κ1) is 15.1. The van der Waals surface area contributed by atoms with Gasteiger partial charge in [0.2, 0.25) is 0 Å². The monoisotopic (exact) mass is 298 g/mol. The first-order valence-electron chi connectivity index (χ1n) is 6.32. The maximum absolute atomic E-state index is 13.0. The summed E-state index contributed by atoms with van der Waals surface area (Å²) in [6.07, 6.45) is -2.61. The van der Waals surface area contributed by atoms with Gasteiger partial charge in [-0.3, -0.25) is 4.68 Å². The topological polar surface area (TPSA) is 55.1 Å². The van der Waals surface area contributed by atoms with Crippen LogP contribution in [0, 0.1) is 0 Å².